The van der Waals surface area contributed by atoms with Crippen molar-refractivity contribution >= 4 is 29.3 Å². The van der Waals surface area contributed by atoms with Crippen LogP contribution in [0.2, 0.25) is 0 Å². The van der Waals surface area contributed by atoms with Gasteiger partial charge in [0.25, 0.3) is 17.5 Å². The minimum Gasteiger partial charge on any atom is -0.462 e. The molecule has 152 valence electrons. The second kappa shape index (κ2) is 8.87. The van der Waals surface area contributed by atoms with Crippen LogP contribution >= 0.6 is 0 Å². The van der Waals surface area contributed by atoms with Crippen LogP contribution in [0.5, 0.6) is 0 Å². The Kier molecular flexibility index (Phi) is 6.07. The van der Waals surface area contributed by atoms with E-state index in [2.05, 4.69) is 10.6 Å². The summed E-state index contributed by atoms with van der Waals surface area (Å²) >= 11 is 0. The number of amides is 2. The van der Waals surface area contributed by atoms with Gasteiger partial charge in [0.1, 0.15) is 17.2 Å². The number of hydrogen-bond acceptors (Lipinski definition) is 5. The van der Waals surface area contributed by atoms with Gasteiger partial charge in [-0.05, 0) is 44.2 Å². The SMILES string of the molecule is Cc1ccc(NC(=O)C(=Cc2ccc(C)o2)NC(=O)c2cccc([N+](=O)[O-])c2)cc1. The highest BCUT2D eigenvalue weighted by Crippen LogP contribution is 2.16. The lowest BCUT2D eigenvalue weighted by molar-refractivity contribution is -0.384. The van der Waals surface area contributed by atoms with Crippen molar-refractivity contribution in [1.29, 1.82) is 0 Å². The van der Waals surface area contributed by atoms with Crippen molar-refractivity contribution in [3.05, 3.63) is 99.1 Å². The molecule has 0 aliphatic heterocycles. The molecule has 0 bridgehead atoms. The topological polar surface area (TPSA) is 114 Å². The highest BCUT2D eigenvalue weighted by atomic mass is 16.6. The smallest absolute Gasteiger partial charge is 0.272 e. The van der Waals surface area contributed by atoms with E-state index in [-0.39, 0.29) is 16.9 Å². The average molecular weight is 405 g/mol. The largest absolute Gasteiger partial charge is 0.462 e. The quantitative estimate of drug-likeness (QED) is 0.362. The van der Waals surface area contributed by atoms with Crippen LogP contribution in [0.15, 0.2) is 70.8 Å². The van der Waals surface area contributed by atoms with Crippen LogP contribution < -0.4 is 10.6 Å². The maximum atomic E-state index is 12.8. The summed E-state index contributed by atoms with van der Waals surface area (Å²) in [6, 6.07) is 15.8. The number of nitro benzene ring substituents is 1. The average Bonchev–Trinajstić information content (AvgIpc) is 3.14. The fourth-order valence-corrected chi connectivity index (χ4v) is 2.62. The van der Waals surface area contributed by atoms with Crippen LogP contribution in [-0.2, 0) is 4.79 Å². The number of rotatable bonds is 6. The molecule has 8 heteroatoms. The van der Waals surface area contributed by atoms with Gasteiger partial charge >= 0.3 is 0 Å². The van der Waals surface area contributed by atoms with Gasteiger partial charge in [0.15, 0.2) is 0 Å². The van der Waals surface area contributed by atoms with E-state index in [9.17, 15) is 19.7 Å². The minimum absolute atomic E-state index is 0.0499. The van der Waals surface area contributed by atoms with Crippen molar-refractivity contribution in [3.63, 3.8) is 0 Å². The number of nitrogens with zero attached hydrogens (tertiary/aromatic N) is 1. The lowest BCUT2D eigenvalue weighted by atomic mass is 10.2. The number of non-ortho nitro benzene ring substituents is 1. The van der Waals surface area contributed by atoms with Gasteiger partial charge in [0.05, 0.1) is 4.92 Å². The predicted octanol–water partition coefficient (Wildman–Crippen LogP) is 4.21. The van der Waals surface area contributed by atoms with Crippen molar-refractivity contribution in [1.82, 2.24) is 5.32 Å². The van der Waals surface area contributed by atoms with Crippen molar-refractivity contribution in [2.45, 2.75) is 13.8 Å². The van der Waals surface area contributed by atoms with E-state index in [0.717, 1.165) is 11.6 Å². The number of carbonyl (C=O) groups is 2. The van der Waals surface area contributed by atoms with E-state index < -0.39 is 16.7 Å². The van der Waals surface area contributed by atoms with Gasteiger partial charge in [-0.15, -0.1) is 0 Å². The third-order valence-electron chi connectivity index (χ3n) is 4.17. The molecule has 0 aliphatic rings. The number of nitrogens with one attached hydrogen (secondary N) is 2. The van der Waals surface area contributed by atoms with Crippen molar-refractivity contribution in [2.24, 2.45) is 0 Å². The van der Waals surface area contributed by atoms with Crippen LogP contribution in [0.1, 0.15) is 27.4 Å². The Balaban J connectivity index is 1.87. The predicted molar refractivity (Wildman–Crippen MR) is 112 cm³/mol. The third-order valence-corrected chi connectivity index (χ3v) is 4.17. The molecule has 0 spiro atoms. The van der Waals surface area contributed by atoms with E-state index in [4.69, 9.17) is 4.42 Å². The van der Waals surface area contributed by atoms with Crippen molar-refractivity contribution in [2.75, 3.05) is 5.32 Å². The zero-order chi connectivity index (χ0) is 21.7. The van der Waals surface area contributed by atoms with Crippen molar-refractivity contribution in [3.8, 4) is 0 Å². The molecule has 3 aromatic rings. The zero-order valence-corrected chi connectivity index (χ0v) is 16.3. The summed E-state index contributed by atoms with van der Waals surface area (Å²) < 4.78 is 5.47. The summed E-state index contributed by atoms with van der Waals surface area (Å²) in [5, 5.41) is 16.2. The molecular formula is C22H19N3O5. The molecule has 1 heterocycles. The normalized spacial score (nSPS) is 11.1. The third kappa shape index (κ3) is 5.20. The van der Waals surface area contributed by atoms with Gasteiger partial charge in [0, 0.05) is 29.5 Å². The number of aryl methyl sites for hydroxylation is 2. The second-order valence-electron chi connectivity index (χ2n) is 6.59. The zero-order valence-electron chi connectivity index (χ0n) is 16.3. The van der Waals surface area contributed by atoms with Gasteiger partial charge < -0.3 is 15.1 Å². The summed E-state index contributed by atoms with van der Waals surface area (Å²) in [5.74, 6) is -0.204. The molecule has 30 heavy (non-hydrogen) atoms. The van der Waals surface area contributed by atoms with E-state index in [1.54, 1.807) is 31.2 Å². The highest BCUT2D eigenvalue weighted by molar-refractivity contribution is 6.10. The molecule has 0 fully saturated rings. The number of hydrogen-bond donors (Lipinski definition) is 2. The summed E-state index contributed by atoms with van der Waals surface area (Å²) in [4.78, 5) is 35.8. The van der Waals surface area contributed by atoms with Gasteiger partial charge in [-0.25, -0.2) is 0 Å². The maximum absolute atomic E-state index is 12.8. The first-order valence-electron chi connectivity index (χ1n) is 9.04. The van der Waals surface area contributed by atoms with Gasteiger partial charge in [0.2, 0.25) is 0 Å². The number of nitro groups is 1. The Morgan fingerprint density at radius 2 is 1.77 bits per heavy atom. The summed E-state index contributed by atoms with van der Waals surface area (Å²) in [7, 11) is 0. The molecular weight excluding hydrogens is 386 g/mol. The van der Waals surface area contributed by atoms with E-state index in [0.29, 0.717) is 17.2 Å². The minimum atomic E-state index is -0.660. The van der Waals surface area contributed by atoms with Gasteiger partial charge in [-0.1, -0.05) is 23.8 Å². The van der Waals surface area contributed by atoms with E-state index in [1.807, 2.05) is 19.1 Å². The number of furan rings is 1. The van der Waals surface area contributed by atoms with E-state index >= 15 is 0 Å². The Hall–Kier alpha value is -4.20. The first-order valence-corrected chi connectivity index (χ1v) is 9.04. The molecule has 0 aliphatic carbocycles. The molecule has 2 amide bonds. The van der Waals surface area contributed by atoms with Gasteiger partial charge in [-0.3, -0.25) is 19.7 Å². The molecule has 3 rings (SSSR count). The Bertz CT molecular complexity index is 1130. The van der Waals surface area contributed by atoms with Crippen LogP contribution in [0.3, 0.4) is 0 Å². The molecule has 0 atom stereocenters. The molecule has 2 N–H and O–H groups in total. The number of anilines is 1. The van der Waals surface area contributed by atoms with Crippen LogP contribution in [0.25, 0.3) is 6.08 Å². The molecule has 8 nitrogen and oxygen atoms in total. The molecule has 1 aromatic heterocycles. The monoisotopic (exact) mass is 405 g/mol. The van der Waals surface area contributed by atoms with Crippen molar-refractivity contribution < 1.29 is 18.9 Å². The maximum Gasteiger partial charge on any atom is 0.272 e. The Labute approximate surface area is 172 Å². The lowest BCUT2D eigenvalue weighted by Gasteiger charge is -2.11. The van der Waals surface area contributed by atoms with E-state index in [1.165, 1.54) is 24.3 Å². The lowest BCUT2D eigenvalue weighted by Crippen LogP contribution is -2.30. The Morgan fingerprint density at radius 1 is 1.03 bits per heavy atom. The Morgan fingerprint density at radius 3 is 2.40 bits per heavy atom. The van der Waals surface area contributed by atoms with Gasteiger partial charge in [-0.2, -0.15) is 0 Å². The van der Waals surface area contributed by atoms with Crippen LogP contribution in [-0.4, -0.2) is 16.7 Å². The molecule has 0 unspecified atom stereocenters. The summed E-state index contributed by atoms with van der Waals surface area (Å²) in [6.07, 6.45) is 1.39. The highest BCUT2D eigenvalue weighted by Gasteiger charge is 2.17. The molecule has 0 radical (unpaired) electrons. The van der Waals surface area contributed by atoms with Crippen LogP contribution in [0, 0.1) is 24.0 Å². The molecule has 0 saturated carbocycles. The first-order chi connectivity index (χ1) is 14.3. The summed E-state index contributed by atoms with van der Waals surface area (Å²) in [6.45, 7) is 3.68. The second-order valence-corrected chi connectivity index (χ2v) is 6.59. The van der Waals surface area contributed by atoms with Crippen LogP contribution in [0.4, 0.5) is 11.4 Å². The fourth-order valence-electron chi connectivity index (χ4n) is 2.62. The fraction of sp³-hybridized carbons (Fsp3) is 0.0909. The molecule has 0 saturated heterocycles. The standard InChI is InChI=1S/C22H19N3O5/c1-14-6-9-17(10-7-14)23-22(27)20(13-19-11-8-15(2)30-19)24-21(26)16-4-3-5-18(12-16)25(28)29/h3-13H,1-2H3,(H,23,27)(H,24,26). The first kappa shape index (κ1) is 20.5. The number of benzene rings is 2. The molecule has 2 aromatic carbocycles. The number of carbonyl (C=O) groups excluding carboxylic acids is 2. The summed E-state index contributed by atoms with van der Waals surface area (Å²) in [5.41, 5.74) is 1.35.